The molecule has 3 rings (SSSR count). The zero-order chi connectivity index (χ0) is 11.1. The van der Waals surface area contributed by atoms with Gasteiger partial charge in [0.1, 0.15) is 18.3 Å². The minimum atomic E-state index is -0.285. The molecular weight excluding hydrogens is 204 g/mol. The summed E-state index contributed by atoms with van der Waals surface area (Å²) < 4.78 is 10.8. The summed E-state index contributed by atoms with van der Waals surface area (Å²) in [6.45, 7) is 3.66. The summed E-state index contributed by atoms with van der Waals surface area (Å²) in [5, 5.41) is 0. The van der Waals surface area contributed by atoms with E-state index in [0.717, 1.165) is 5.56 Å². The number of rotatable bonds is 2. The van der Waals surface area contributed by atoms with E-state index in [9.17, 15) is 4.79 Å². The van der Waals surface area contributed by atoms with Crippen LogP contribution in [0.2, 0.25) is 0 Å². The van der Waals surface area contributed by atoms with Crippen LogP contribution in [0.5, 0.6) is 0 Å². The second kappa shape index (κ2) is 3.46. The lowest BCUT2D eigenvalue weighted by molar-refractivity contribution is -0.139. The van der Waals surface area contributed by atoms with Crippen LogP contribution >= 0.6 is 0 Å². The molecule has 0 N–H and O–H groups in total. The molecule has 3 unspecified atom stereocenters. The number of hydrogen-bond acceptors (Lipinski definition) is 3. The molecule has 0 bridgehead atoms. The Labute approximate surface area is 93.7 Å². The Bertz CT molecular complexity index is 422. The van der Waals surface area contributed by atoms with Crippen molar-refractivity contribution in [2.24, 2.45) is 0 Å². The van der Waals surface area contributed by atoms with Crippen LogP contribution in [0.3, 0.4) is 0 Å². The van der Waals surface area contributed by atoms with Crippen molar-refractivity contribution in [2.75, 3.05) is 0 Å². The number of epoxide rings is 1. The van der Waals surface area contributed by atoms with Crippen molar-refractivity contribution in [3.63, 3.8) is 0 Å². The van der Waals surface area contributed by atoms with E-state index in [0.29, 0.717) is 12.0 Å². The van der Waals surface area contributed by atoms with Crippen LogP contribution < -0.4 is 0 Å². The van der Waals surface area contributed by atoms with Gasteiger partial charge in [-0.3, -0.25) is 0 Å². The lowest BCUT2D eigenvalue weighted by Gasteiger charge is -2.03. The Morgan fingerprint density at radius 1 is 1.25 bits per heavy atom. The van der Waals surface area contributed by atoms with E-state index >= 15 is 0 Å². The Morgan fingerprint density at radius 3 is 2.62 bits per heavy atom. The van der Waals surface area contributed by atoms with Crippen LogP contribution in [0.25, 0.3) is 0 Å². The summed E-state index contributed by atoms with van der Waals surface area (Å²) in [6, 6.07) is 9.98. The summed E-state index contributed by atoms with van der Waals surface area (Å²) in [6.07, 6.45) is 0.521. The zero-order valence-corrected chi connectivity index (χ0v) is 8.76. The van der Waals surface area contributed by atoms with Gasteiger partial charge in [0.25, 0.3) is 0 Å². The van der Waals surface area contributed by atoms with Crippen LogP contribution in [-0.4, -0.2) is 18.2 Å². The third kappa shape index (κ3) is 1.53. The van der Waals surface area contributed by atoms with E-state index < -0.39 is 0 Å². The predicted octanol–water partition coefficient (Wildman–Crippen LogP) is 2.00. The molecule has 2 aliphatic rings. The van der Waals surface area contributed by atoms with Crippen LogP contribution in [0.4, 0.5) is 0 Å². The molecule has 2 saturated heterocycles. The van der Waals surface area contributed by atoms with Crippen molar-refractivity contribution >= 4 is 5.97 Å². The van der Waals surface area contributed by atoms with Crippen molar-refractivity contribution < 1.29 is 14.3 Å². The van der Waals surface area contributed by atoms with E-state index in [-0.39, 0.29) is 24.3 Å². The maximum Gasteiger partial charge on any atom is 0.333 e. The second-order valence-electron chi connectivity index (χ2n) is 4.18. The summed E-state index contributed by atoms with van der Waals surface area (Å²) in [5.41, 5.74) is 1.69. The molecule has 16 heavy (non-hydrogen) atoms. The maximum atomic E-state index is 11.2. The highest BCUT2D eigenvalue weighted by Crippen LogP contribution is 2.44. The predicted molar refractivity (Wildman–Crippen MR) is 57.7 cm³/mol. The molecule has 3 atom stereocenters. The highest BCUT2D eigenvalue weighted by Gasteiger charge is 2.50. The lowest BCUT2D eigenvalue weighted by Crippen LogP contribution is -2.14. The Balaban J connectivity index is 1.69. The van der Waals surface area contributed by atoms with E-state index in [1.807, 2.05) is 30.3 Å². The van der Waals surface area contributed by atoms with Gasteiger partial charge in [-0.1, -0.05) is 36.9 Å². The number of carbonyl (C=O) groups excluding carboxylic acids is 1. The first-order chi connectivity index (χ1) is 7.75. The number of ether oxygens (including phenoxy) is 2. The maximum absolute atomic E-state index is 11.2. The van der Waals surface area contributed by atoms with Crippen LogP contribution in [0.1, 0.15) is 18.1 Å². The summed E-state index contributed by atoms with van der Waals surface area (Å²) in [7, 11) is 0. The topological polar surface area (TPSA) is 38.8 Å². The molecule has 0 spiro atoms. The van der Waals surface area contributed by atoms with E-state index in [2.05, 4.69) is 6.58 Å². The normalized spacial score (nSPS) is 32.6. The van der Waals surface area contributed by atoms with Gasteiger partial charge in [-0.15, -0.1) is 0 Å². The van der Waals surface area contributed by atoms with Crippen molar-refractivity contribution in [3.05, 3.63) is 48.0 Å². The number of cyclic esters (lactones) is 1. The molecule has 3 nitrogen and oxygen atoms in total. The minimum absolute atomic E-state index is 0.00519. The van der Waals surface area contributed by atoms with Gasteiger partial charge >= 0.3 is 5.97 Å². The highest BCUT2D eigenvalue weighted by molar-refractivity contribution is 5.90. The molecule has 2 heterocycles. The molecule has 0 radical (unpaired) electrons. The van der Waals surface area contributed by atoms with Gasteiger partial charge in [0.2, 0.25) is 0 Å². The zero-order valence-electron chi connectivity index (χ0n) is 8.76. The quantitative estimate of drug-likeness (QED) is 0.431. The monoisotopic (exact) mass is 216 g/mol. The standard InChI is InChI=1S/C13H12O3/c1-8-7-10(15-13(8)14)12-11(16-12)9-5-3-2-4-6-9/h2-6,10-12H,1,7H2. The van der Waals surface area contributed by atoms with Crippen molar-refractivity contribution in [3.8, 4) is 0 Å². The van der Waals surface area contributed by atoms with Gasteiger partial charge in [0.15, 0.2) is 0 Å². The average molecular weight is 216 g/mol. The number of benzene rings is 1. The SMILES string of the molecule is C=C1CC(C2OC2c2ccccc2)OC1=O. The number of esters is 1. The molecular formula is C13H12O3. The first-order valence-electron chi connectivity index (χ1n) is 5.35. The lowest BCUT2D eigenvalue weighted by atomic mass is 10.0. The van der Waals surface area contributed by atoms with Gasteiger partial charge in [0.05, 0.1) is 0 Å². The fourth-order valence-corrected chi connectivity index (χ4v) is 2.09. The molecule has 3 heteroatoms. The van der Waals surface area contributed by atoms with E-state index in [1.165, 1.54) is 0 Å². The van der Waals surface area contributed by atoms with E-state index in [1.54, 1.807) is 0 Å². The molecule has 0 saturated carbocycles. The van der Waals surface area contributed by atoms with Gasteiger partial charge in [-0.25, -0.2) is 4.79 Å². The summed E-state index contributed by atoms with van der Waals surface area (Å²) in [4.78, 5) is 11.2. The van der Waals surface area contributed by atoms with E-state index in [4.69, 9.17) is 9.47 Å². The number of carbonyl (C=O) groups is 1. The molecule has 2 aliphatic heterocycles. The third-order valence-corrected chi connectivity index (χ3v) is 3.01. The molecule has 2 fully saturated rings. The first kappa shape index (κ1) is 9.60. The fraction of sp³-hybridized carbons (Fsp3) is 0.308. The van der Waals surface area contributed by atoms with Crippen molar-refractivity contribution in [1.82, 2.24) is 0 Å². The van der Waals surface area contributed by atoms with Crippen LogP contribution in [-0.2, 0) is 14.3 Å². The molecule has 0 aromatic heterocycles. The van der Waals surface area contributed by atoms with Gasteiger partial charge < -0.3 is 9.47 Å². The van der Waals surface area contributed by atoms with Crippen molar-refractivity contribution in [1.29, 1.82) is 0 Å². The van der Waals surface area contributed by atoms with Crippen LogP contribution in [0.15, 0.2) is 42.5 Å². The molecule has 82 valence electrons. The average Bonchev–Trinajstić information content (AvgIpc) is 3.03. The molecule has 0 aliphatic carbocycles. The van der Waals surface area contributed by atoms with Gasteiger partial charge in [-0.2, -0.15) is 0 Å². The summed E-state index contributed by atoms with van der Waals surface area (Å²) in [5.74, 6) is -0.285. The van der Waals surface area contributed by atoms with Gasteiger partial charge in [-0.05, 0) is 5.56 Å². The smallest absolute Gasteiger partial charge is 0.333 e. The minimum Gasteiger partial charge on any atom is -0.456 e. The Morgan fingerprint density at radius 2 is 2.00 bits per heavy atom. The Hall–Kier alpha value is -1.61. The molecule has 1 aromatic rings. The van der Waals surface area contributed by atoms with Gasteiger partial charge in [0, 0.05) is 12.0 Å². The fourth-order valence-electron chi connectivity index (χ4n) is 2.09. The molecule has 0 amide bonds. The summed E-state index contributed by atoms with van der Waals surface area (Å²) >= 11 is 0. The van der Waals surface area contributed by atoms with Crippen molar-refractivity contribution in [2.45, 2.75) is 24.7 Å². The number of hydrogen-bond donors (Lipinski definition) is 0. The highest BCUT2D eigenvalue weighted by atomic mass is 16.6. The second-order valence-corrected chi connectivity index (χ2v) is 4.18. The third-order valence-electron chi connectivity index (χ3n) is 3.01. The molecule has 1 aromatic carbocycles. The van der Waals surface area contributed by atoms with Crippen LogP contribution in [0, 0.1) is 0 Å². The Kier molecular flexibility index (Phi) is 2.07. The largest absolute Gasteiger partial charge is 0.456 e. The first-order valence-corrected chi connectivity index (χ1v) is 5.35.